The van der Waals surface area contributed by atoms with Gasteiger partial charge in [-0.25, -0.2) is 0 Å². The van der Waals surface area contributed by atoms with Crippen LogP contribution in [-0.4, -0.2) is 132 Å². The third kappa shape index (κ3) is 8.93. The van der Waals surface area contributed by atoms with E-state index in [9.17, 15) is 24.3 Å². The van der Waals surface area contributed by atoms with Gasteiger partial charge in [0.05, 0.1) is 37.2 Å². The number of nitrogens with one attached hydrogen (secondary N) is 1. The molecule has 0 aromatic heterocycles. The number of amides is 3. The van der Waals surface area contributed by atoms with Crippen LogP contribution in [0.1, 0.15) is 56.6 Å². The first-order valence-corrected chi connectivity index (χ1v) is 19.2. The van der Waals surface area contributed by atoms with Gasteiger partial charge in [0.1, 0.15) is 18.2 Å². The first-order valence-electron chi connectivity index (χ1n) is 18.3. The second-order valence-corrected chi connectivity index (χ2v) is 15.0. The van der Waals surface area contributed by atoms with Crippen LogP contribution in [0.4, 0.5) is 0 Å². The molecule has 5 rings (SSSR count). The van der Waals surface area contributed by atoms with Gasteiger partial charge in [-0.05, 0) is 31.2 Å². The molecule has 2 N–H and O–H groups in total. The molecule has 7 atom stereocenters. The average molecular weight is 774 g/mol. The van der Waals surface area contributed by atoms with Crippen LogP contribution in [0.3, 0.4) is 0 Å². The topological polar surface area (TPSA) is 138 Å². The van der Waals surface area contributed by atoms with Gasteiger partial charge in [-0.3, -0.25) is 24.1 Å². The Bertz CT molecular complexity index is 1380. The molecule has 4 saturated heterocycles. The van der Waals surface area contributed by atoms with Gasteiger partial charge in [0.2, 0.25) is 17.7 Å². The number of hydrogen-bond donors (Lipinski definition) is 2. The number of fused-ring (bicyclic) bond motifs is 1. The van der Waals surface area contributed by atoms with Crippen LogP contribution < -0.4 is 5.32 Å². The van der Waals surface area contributed by atoms with Crippen molar-refractivity contribution in [3.63, 3.8) is 0 Å². The summed E-state index contributed by atoms with van der Waals surface area (Å²) in [5.74, 6) is -2.96. The van der Waals surface area contributed by atoms with E-state index in [0.717, 1.165) is 31.5 Å². The molecule has 1 unspecified atom stereocenters. The van der Waals surface area contributed by atoms with Crippen molar-refractivity contribution in [1.29, 1.82) is 0 Å². The maximum absolute atomic E-state index is 14.8. The van der Waals surface area contributed by atoms with Crippen molar-refractivity contribution in [3.8, 4) is 0 Å². The summed E-state index contributed by atoms with van der Waals surface area (Å²) in [4.78, 5) is 61.6. The molecule has 3 amide bonds. The number of rotatable bonds is 20. The lowest BCUT2D eigenvalue weighted by Gasteiger charge is -2.38. The first-order chi connectivity index (χ1) is 24.7. The molecule has 2 bridgehead atoms. The van der Waals surface area contributed by atoms with Crippen molar-refractivity contribution in [3.05, 3.63) is 61.2 Å². The molecular weight excluding hydrogens is 720 g/mol. The number of ether oxygens (including phenoxy) is 3. The predicted molar refractivity (Wildman–Crippen MR) is 195 cm³/mol. The normalized spacial score (nSPS) is 27.5. The maximum atomic E-state index is 14.8. The van der Waals surface area contributed by atoms with Gasteiger partial charge in [0.25, 0.3) is 0 Å². The van der Waals surface area contributed by atoms with E-state index in [-0.39, 0.29) is 42.2 Å². The van der Waals surface area contributed by atoms with E-state index in [1.165, 1.54) is 0 Å². The zero-order valence-electron chi connectivity index (χ0n) is 29.5. The van der Waals surface area contributed by atoms with E-state index >= 15 is 0 Å². The monoisotopic (exact) mass is 772 g/mol. The van der Waals surface area contributed by atoms with Gasteiger partial charge in [-0.2, -0.15) is 0 Å². The van der Waals surface area contributed by atoms with Crippen molar-refractivity contribution in [2.45, 2.75) is 73.6 Å². The summed E-state index contributed by atoms with van der Waals surface area (Å²) in [7, 11) is 0. The highest BCUT2D eigenvalue weighted by molar-refractivity contribution is 9.09. The number of carbonyl (C=O) groups is 4. The highest BCUT2D eigenvalue weighted by Crippen LogP contribution is 2.60. The Hall–Kier alpha value is -3.10. The Balaban J connectivity index is 1.41. The van der Waals surface area contributed by atoms with E-state index in [2.05, 4.69) is 39.3 Å². The molecule has 0 radical (unpaired) electrons. The molecule has 12 nitrogen and oxygen atoms in total. The minimum atomic E-state index is -1.20. The average Bonchev–Trinajstić information content (AvgIpc) is 3.74. The van der Waals surface area contributed by atoms with Crippen LogP contribution in [0.25, 0.3) is 0 Å². The Labute approximate surface area is 309 Å². The Kier molecular flexibility index (Phi) is 14.3. The maximum Gasteiger partial charge on any atom is 0.306 e. The molecule has 1 aromatic rings. The third-order valence-electron chi connectivity index (χ3n) is 10.6. The van der Waals surface area contributed by atoms with Crippen molar-refractivity contribution < 1.29 is 38.5 Å². The van der Waals surface area contributed by atoms with Crippen molar-refractivity contribution in [2.75, 3.05) is 65.7 Å². The van der Waals surface area contributed by atoms with Crippen LogP contribution in [0, 0.1) is 11.8 Å². The van der Waals surface area contributed by atoms with Crippen LogP contribution in [-0.2, 0) is 33.4 Å². The number of aliphatic hydroxyl groups excluding tert-OH is 1. The van der Waals surface area contributed by atoms with Crippen LogP contribution in [0.2, 0.25) is 0 Å². The molecule has 0 saturated carbocycles. The lowest BCUT2D eigenvalue weighted by atomic mass is 9.70. The summed E-state index contributed by atoms with van der Waals surface area (Å²) >= 11 is 3.77. The smallest absolute Gasteiger partial charge is 0.306 e. The lowest BCUT2D eigenvalue weighted by molar-refractivity contribution is -0.148. The first kappa shape index (κ1) is 39.1. The SMILES string of the molecule is C=CCCC(=O)OC[C@H](NC(=O)[C@H]1[C@@H]2O[C@@]3(CC2Br)[C@@H]1C(=O)N(CCCCCCO)[C@@H]3C(=O)N(CC=C)CCN1CCOCC1)c1ccccc1. The molecule has 4 heterocycles. The fourth-order valence-corrected chi connectivity index (χ4v) is 8.99. The molecule has 280 valence electrons. The molecule has 1 aromatic carbocycles. The highest BCUT2D eigenvalue weighted by atomic mass is 79.9. The number of esters is 1. The van der Waals surface area contributed by atoms with E-state index in [0.29, 0.717) is 65.1 Å². The number of allylic oxidation sites excluding steroid dienone is 1. The van der Waals surface area contributed by atoms with Gasteiger partial charge < -0.3 is 34.4 Å². The summed E-state index contributed by atoms with van der Waals surface area (Å²) in [6.45, 7) is 12.2. The number of aliphatic hydroxyl groups is 1. The van der Waals surface area contributed by atoms with Crippen LogP contribution >= 0.6 is 15.9 Å². The molecular formula is C38H53BrN4O8. The minimum Gasteiger partial charge on any atom is -0.463 e. The summed E-state index contributed by atoms with van der Waals surface area (Å²) < 4.78 is 17.8. The van der Waals surface area contributed by atoms with E-state index in [4.69, 9.17) is 14.2 Å². The fourth-order valence-electron chi connectivity index (χ4n) is 8.05. The van der Waals surface area contributed by atoms with Crippen molar-refractivity contribution in [1.82, 2.24) is 20.0 Å². The van der Waals surface area contributed by atoms with Gasteiger partial charge in [-0.1, -0.05) is 71.3 Å². The number of halogens is 1. The van der Waals surface area contributed by atoms with E-state index < -0.39 is 41.6 Å². The Morgan fingerprint density at radius 1 is 1.10 bits per heavy atom. The number of likely N-dealkylation sites (tertiary alicyclic amines) is 1. The molecule has 13 heteroatoms. The lowest BCUT2D eigenvalue weighted by Crippen LogP contribution is -2.57. The van der Waals surface area contributed by atoms with E-state index in [1.54, 1.807) is 22.0 Å². The molecule has 4 aliphatic rings. The Morgan fingerprint density at radius 2 is 1.84 bits per heavy atom. The standard InChI is InChI=1S/C38H53BrN4O8/c1-3-5-15-30(45)50-26-29(27-13-9-8-10-14-27)40-35(46)31-32-36(47)43(17-11-6-7-12-22-44)34(38(32)25-28(39)33(31)51-38)37(48)42(16-4-2)19-18-41-20-23-49-24-21-41/h3-4,8-10,13-14,28-29,31-34,44H,1-2,5-7,11-12,15-26H2,(H,40,46)/t28?,29-,31+,32-,33+,34+,38-/m0/s1. The number of carbonyl (C=O) groups excluding carboxylic acids is 4. The number of hydrogen-bond acceptors (Lipinski definition) is 9. The molecule has 51 heavy (non-hydrogen) atoms. The van der Waals surface area contributed by atoms with Crippen LogP contribution in [0.5, 0.6) is 0 Å². The second-order valence-electron chi connectivity index (χ2n) is 13.8. The fraction of sp³-hybridized carbons (Fsp3) is 0.632. The molecule has 4 fully saturated rings. The zero-order chi connectivity index (χ0) is 36.4. The molecule has 0 aliphatic carbocycles. The van der Waals surface area contributed by atoms with Gasteiger partial charge >= 0.3 is 5.97 Å². The summed E-state index contributed by atoms with van der Waals surface area (Å²) in [5.41, 5.74) is -0.440. The van der Waals surface area contributed by atoms with Gasteiger partial charge in [-0.15, -0.1) is 13.2 Å². The number of nitrogens with zero attached hydrogens (tertiary/aromatic N) is 3. The van der Waals surface area contributed by atoms with Gasteiger partial charge in [0.15, 0.2) is 0 Å². The molecule has 1 spiro atoms. The summed E-state index contributed by atoms with van der Waals surface area (Å²) in [5, 5.41) is 12.4. The van der Waals surface area contributed by atoms with E-state index in [1.807, 2.05) is 30.3 Å². The van der Waals surface area contributed by atoms with Gasteiger partial charge in [0, 0.05) is 57.1 Å². The van der Waals surface area contributed by atoms with Crippen molar-refractivity contribution >= 4 is 39.6 Å². The number of unbranched alkanes of at least 4 members (excludes halogenated alkanes) is 3. The quantitative estimate of drug-likeness (QED) is 0.0888. The summed E-state index contributed by atoms with van der Waals surface area (Å²) in [6.07, 6.45) is 6.70. The summed E-state index contributed by atoms with van der Waals surface area (Å²) in [6, 6.07) is 7.71. The minimum absolute atomic E-state index is 0.0772. The zero-order valence-corrected chi connectivity index (χ0v) is 31.1. The Morgan fingerprint density at radius 3 is 2.55 bits per heavy atom. The predicted octanol–water partition coefficient (Wildman–Crippen LogP) is 3.00. The second kappa shape index (κ2) is 18.6. The number of morpholine rings is 1. The van der Waals surface area contributed by atoms with Crippen LogP contribution in [0.15, 0.2) is 55.6 Å². The van der Waals surface area contributed by atoms with Crippen molar-refractivity contribution in [2.24, 2.45) is 11.8 Å². The third-order valence-corrected chi connectivity index (χ3v) is 11.4. The highest BCUT2D eigenvalue weighted by Gasteiger charge is 2.76. The molecule has 4 aliphatic heterocycles. The number of benzene rings is 1. The number of alkyl halides is 1. The largest absolute Gasteiger partial charge is 0.463 e.